The maximum absolute atomic E-state index is 13.1. The number of hydrogen-bond acceptors (Lipinski definition) is 3. The number of halogens is 2. The molecule has 28 heavy (non-hydrogen) atoms. The van der Waals surface area contributed by atoms with Gasteiger partial charge in [0.2, 0.25) is 11.8 Å². The molecule has 0 spiro atoms. The van der Waals surface area contributed by atoms with Crippen molar-refractivity contribution in [2.24, 2.45) is 4.99 Å². The molecular weight excluding hydrogens is 476 g/mol. The number of nitrogens with one attached hydrogen (secondary N) is 2. The first-order chi connectivity index (χ1) is 13.0. The van der Waals surface area contributed by atoms with E-state index in [4.69, 9.17) is 0 Å². The molecule has 1 aromatic rings. The Bertz CT molecular complexity index is 678. The summed E-state index contributed by atoms with van der Waals surface area (Å²) in [5, 5.41) is 6.05. The van der Waals surface area contributed by atoms with Gasteiger partial charge in [0, 0.05) is 46.2 Å². The first-order valence-corrected chi connectivity index (χ1v) is 9.29. The molecule has 1 aromatic carbocycles. The summed E-state index contributed by atoms with van der Waals surface area (Å²) in [5.74, 6) is 0.388. The summed E-state index contributed by atoms with van der Waals surface area (Å²) in [4.78, 5) is 31.9. The lowest BCUT2D eigenvalue weighted by Gasteiger charge is -2.36. The van der Waals surface area contributed by atoms with Gasteiger partial charge in [-0.05, 0) is 24.6 Å². The number of aliphatic imine (C=N–C) groups is 1. The average molecular weight is 505 g/mol. The van der Waals surface area contributed by atoms with Crippen LogP contribution < -0.4 is 10.6 Å². The molecule has 0 atom stereocenters. The SMILES string of the molecule is CCNC(=NCCNC(=O)Cc1cccc(F)c1)N1CCN(C(C)=O)CC1.I. The normalized spacial score (nSPS) is 14.3. The highest BCUT2D eigenvalue weighted by Crippen LogP contribution is 2.04. The molecule has 1 heterocycles. The predicted molar refractivity (Wildman–Crippen MR) is 118 cm³/mol. The van der Waals surface area contributed by atoms with E-state index in [1.165, 1.54) is 12.1 Å². The van der Waals surface area contributed by atoms with E-state index in [1.807, 2.05) is 11.8 Å². The topological polar surface area (TPSA) is 77.0 Å². The van der Waals surface area contributed by atoms with Crippen LogP contribution in [0.5, 0.6) is 0 Å². The Labute approximate surface area is 182 Å². The molecule has 0 aliphatic carbocycles. The fraction of sp³-hybridized carbons (Fsp3) is 0.526. The lowest BCUT2D eigenvalue weighted by molar-refractivity contribution is -0.130. The number of carbonyl (C=O) groups is 2. The van der Waals surface area contributed by atoms with Crippen molar-refractivity contribution in [2.75, 3.05) is 45.8 Å². The molecular formula is C19H29FIN5O2. The van der Waals surface area contributed by atoms with Crippen LogP contribution in [0, 0.1) is 5.82 Å². The molecule has 0 aromatic heterocycles. The van der Waals surface area contributed by atoms with Crippen LogP contribution in [-0.4, -0.2) is 73.4 Å². The van der Waals surface area contributed by atoms with Gasteiger partial charge >= 0.3 is 0 Å². The summed E-state index contributed by atoms with van der Waals surface area (Å²) in [6, 6.07) is 6.04. The molecule has 0 unspecified atom stereocenters. The van der Waals surface area contributed by atoms with E-state index in [0.29, 0.717) is 31.7 Å². The molecule has 0 bridgehead atoms. The second-order valence-electron chi connectivity index (χ2n) is 6.39. The Morgan fingerprint density at radius 3 is 2.43 bits per heavy atom. The molecule has 0 saturated carbocycles. The van der Waals surface area contributed by atoms with Gasteiger partial charge in [0.05, 0.1) is 13.0 Å². The van der Waals surface area contributed by atoms with Crippen LogP contribution in [-0.2, 0) is 16.0 Å². The second kappa shape index (κ2) is 12.5. The number of hydrogen-bond donors (Lipinski definition) is 2. The van der Waals surface area contributed by atoms with Crippen molar-refractivity contribution in [3.05, 3.63) is 35.6 Å². The second-order valence-corrected chi connectivity index (χ2v) is 6.39. The Morgan fingerprint density at radius 2 is 1.82 bits per heavy atom. The number of guanidine groups is 1. The van der Waals surface area contributed by atoms with Gasteiger partial charge in [-0.25, -0.2) is 4.39 Å². The van der Waals surface area contributed by atoms with Crippen molar-refractivity contribution in [3.63, 3.8) is 0 Å². The molecule has 1 aliphatic rings. The summed E-state index contributed by atoms with van der Waals surface area (Å²) in [5.41, 5.74) is 0.646. The van der Waals surface area contributed by atoms with Crippen molar-refractivity contribution >= 4 is 41.8 Å². The maximum atomic E-state index is 13.1. The highest BCUT2D eigenvalue weighted by Gasteiger charge is 2.20. The van der Waals surface area contributed by atoms with Gasteiger partial charge in [-0.3, -0.25) is 14.6 Å². The van der Waals surface area contributed by atoms with Gasteiger partial charge < -0.3 is 20.4 Å². The summed E-state index contributed by atoms with van der Waals surface area (Å²) in [6.45, 7) is 8.03. The van der Waals surface area contributed by atoms with E-state index in [0.717, 1.165) is 25.6 Å². The minimum absolute atomic E-state index is 0. The Morgan fingerprint density at radius 1 is 1.14 bits per heavy atom. The van der Waals surface area contributed by atoms with E-state index in [2.05, 4.69) is 20.5 Å². The lowest BCUT2D eigenvalue weighted by Crippen LogP contribution is -2.53. The van der Waals surface area contributed by atoms with Gasteiger partial charge in [0.15, 0.2) is 5.96 Å². The van der Waals surface area contributed by atoms with Crippen molar-refractivity contribution in [1.29, 1.82) is 0 Å². The Kier molecular flexibility index (Phi) is 10.8. The average Bonchev–Trinajstić information content (AvgIpc) is 2.64. The van der Waals surface area contributed by atoms with Crippen LogP contribution in [0.25, 0.3) is 0 Å². The van der Waals surface area contributed by atoms with Crippen LogP contribution >= 0.6 is 24.0 Å². The van der Waals surface area contributed by atoms with Crippen molar-refractivity contribution in [1.82, 2.24) is 20.4 Å². The number of nitrogens with zero attached hydrogens (tertiary/aromatic N) is 3. The smallest absolute Gasteiger partial charge is 0.224 e. The third kappa shape index (κ3) is 7.99. The van der Waals surface area contributed by atoms with Gasteiger partial charge in [0.25, 0.3) is 0 Å². The van der Waals surface area contributed by atoms with Crippen LogP contribution in [0.1, 0.15) is 19.4 Å². The zero-order valence-corrected chi connectivity index (χ0v) is 18.7. The highest BCUT2D eigenvalue weighted by atomic mass is 127. The molecule has 1 saturated heterocycles. The van der Waals surface area contributed by atoms with Crippen molar-refractivity contribution < 1.29 is 14.0 Å². The van der Waals surface area contributed by atoms with Gasteiger partial charge in [-0.1, -0.05) is 12.1 Å². The van der Waals surface area contributed by atoms with Crippen LogP contribution in [0.4, 0.5) is 4.39 Å². The van der Waals surface area contributed by atoms with Crippen LogP contribution in [0.3, 0.4) is 0 Å². The zero-order valence-electron chi connectivity index (χ0n) is 16.4. The molecule has 156 valence electrons. The number of benzene rings is 1. The Hall–Kier alpha value is -1.91. The van der Waals surface area contributed by atoms with E-state index in [-0.39, 0.29) is 48.0 Å². The maximum Gasteiger partial charge on any atom is 0.224 e. The number of carbonyl (C=O) groups excluding carboxylic acids is 2. The fourth-order valence-electron chi connectivity index (χ4n) is 2.91. The molecule has 1 fully saturated rings. The van der Waals surface area contributed by atoms with Gasteiger partial charge in [-0.15, -0.1) is 24.0 Å². The zero-order chi connectivity index (χ0) is 19.6. The number of rotatable bonds is 6. The summed E-state index contributed by atoms with van der Waals surface area (Å²) >= 11 is 0. The monoisotopic (exact) mass is 505 g/mol. The Balaban J connectivity index is 0.00000392. The van der Waals surface area contributed by atoms with E-state index in [9.17, 15) is 14.0 Å². The largest absolute Gasteiger partial charge is 0.357 e. The number of piperazine rings is 1. The summed E-state index contributed by atoms with van der Waals surface area (Å²) in [6.07, 6.45) is 0.147. The molecule has 2 N–H and O–H groups in total. The van der Waals surface area contributed by atoms with Crippen LogP contribution in [0.2, 0.25) is 0 Å². The first-order valence-electron chi connectivity index (χ1n) is 9.29. The van der Waals surface area contributed by atoms with Gasteiger partial charge in [0.1, 0.15) is 5.82 Å². The summed E-state index contributed by atoms with van der Waals surface area (Å²) in [7, 11) is 0. The highest BCUT2D eigenvalue weighted by molar-refractivity contribution is 14.0. The number of amides is 2. The minimum Gasteiger partial charge on any atom is -0.357 e. The fourth-order valence-corrected chi connectivity index (χ4v) is 2.91. The third-order valence-electron chi connectivity index (χ3n) is 4.31. The van der Waals surface area contributed by atoms with Crippen LogP contribution in [0.15, 0.2) is 29.3 Å². The van der Waals surface area contributed by atoms with E-state index < -0.39 is 0 Å². The van der Waals surface area contributed by atoms with E-state index >= 15 is 0 Å². The molecule has 1 aliphatic heterocycles. The molecule has 2 rings (SSSR count). The lowest BCUT2D eigenvalue weighted by atomic mass is 10.1. The molecule has 7 nitrogen and oxygen atoms in total. The van der Waals surface area contributed by atoms with Crippen molar-refractivity contribution in [2.45, 2.75) is 20.3 Å². The van der Waals surface area contributed by atoms with E-state index in [1.54, 1.807) is 19.1 Å². The molecule has 9 heteroatoms. The molecule has 0 radical (unpaired) electrons. The third-order valence-corrected chi connectivity index (χ3v) is 4.31. The quantitative estimate of drug-likeness (QED) is 0.264. The standard InChI is InChI=1S/C19H28FN5O2.HI/c1-3-21-19(25-11-9-24(10-12-25)15(2)26)23-8-7-22-18(27)14-16-5-4-6-17(20)13-16;/h4-6,13H,3,7-12,14H2,1-2H3,(H,21,23)(H,22,27);1H. The minimum atomic E-state index is -0.343. The van der Waals surface area contributed by atoms with Crippen molar-refractivity contribution in [3.8, 4) is 0 Å². The predicted octanol–water partition coefficient (Wildman–Crippen LogP) is 1.23. The first kappa shape index (κ1) is 24.1. The summed E-state index contributed by atoms with van der Waals surface area (Å²) < 4.78 is 13.1. The molecule has 2 amide bonds. The van der Waals surface area contributed by atoms with Gasteiger partial charge in [-0.2, -0.15) is 0 Å².